The Morgan fingerprint density at radius 2 is 2.04 bits per heavy atom. The zero-order chi connectivity index (χ0) is 18.1. The zero-order valence-electron chi connectivity index (χ0n) is 14.4. The predicted octanol–water partition coefficient (Wildman–Crippen LogP) is 3.58. The molecule has 1 aromatic heterocycles. The number of rotatable bonds is 5. The molecule has 1 fully saturated rings. The van der Waals surface area contributed by atoms with Crippen molar-refractivity contribution in [1.82, 2.24) is 10.5 Å². The minimum Gasteiger partial charge on any atom is -0.361 e. The second kappa shape index (κ2) is 6.88. The maximum Gasteiger partial charge on any atom is 0.253 e. The minimum atomic E-state index is -0.414. The molecule has 3 rings (SSSR count). The standard InChI is InChI=1S/C18H20ClN3O3/c1-9(16-10(2)22-25-11(16)3)17(23)21-13-6-7-14(15(19)8-13)18(24)20-12-4-5-12/h6-9,12H,4-5H2,1-3H3,(H,20,24)(H,21,23). The van der Waals surface area contributed by atoms with Crippen LogP contribution in [0.1, 0.15) is 53.1 Å². The van der Waals surface area contributed by atoms with Crippen molar-refractivity contribution in [3.63, 3.8) is 0 Å². The average molecular weight is 362 g/mol. The maximum atomic E-state index is 12.5. The molecule has 2 amide bonds. The number of halogens is 1. The van der Waals surface area contributed by atoms with E-state index in [1.807, 2.05) is 0 Å². The first kappa shape index (κ1) is 17.5. The quantitative estimate of drug-likeness (QED) is 0.852. The number of nitrogens with one attached hydrogen (secondary N) is 2. The van der Waals surface area contributed by atoms with E-state index < -0.39 is 5.92 Å². The summed E-state index contributed by atoms with van der Waals surface area (Å²) in [6.07, 6.45) is 2.02. The largest absolute Gasteiger partial charge is 0.361 e. The molecule has 2 N–H and O–H groups in total. The van der Waals surface area contributed by atoms with Crippen LogP contribution in [0.5, 0.6) is 0 Å². The lowest BCUT2D eigenvalue weighted by Gasteiger charge is -2.13. The van der Waals surface area contributed by atoms with Gasteiger partial charge in [-0.15, -0.1) is 0 Å². The number of hydrogen-bond donors (Lipinski definition) is 2. The van der Waals surface area contributed by atoms with E-state index in [0.717, 1.165) is 18.4 Å². The van der Waals surface area contributed by atoms with Gasteiger partial charge in [-0.25, -0.2) is 0 Å². The molecule has 0 saturated heterocycles. The van der Waals surface area contributed by atoms with E-state index in [9.17, 15) is 9.59 Å². The van der Waals surface area contributed by atoms with Crippen LogP contribution in [0.25, 0.3) is 0 Å². The van der Waals surface area contributed by atoms with E-state index in [1.165, 1.54) is 0 Å². The summed E-state index contributed by atoms with van der Waals surface area (Å²) in [4.78, 5) is 24.6. The summed E-state index contributed by atoms with van der Waals surface area (Å²) in [5.74, 6) is -0.164. The average Bonchev–Trinajstić information content (AvgIpc) is 3.30. The summed E-state index contributed by atoms with van der Waals surface area (Å²) in [6, 6.07) is 5.14. The zero-order valence-corrected chi connectivity index (χ0v) is 15.1. The third-order valence-electron chi connectivity index (χ3n) is 4.31. The lowest BCUT2D eigenvalue weighted by molar-refractivity contribution is -0.117. The summed E-state index contributed by atoms with van der Waals surface area (Å²) in [5, 5.41) is 9.90. The smallest absolute Gasteiger partial charge is 0.253 e. The highest BCUT2D eigenvalue weighted by atomic mass is 35.5. The summed E-state index contributed by atoms with van der Waals surface area (Å²) < 4.78 is 5.12. The normalized spacial score (nSPS) is 14.9. The Kier molecular flexibility index (Phi) is 4.81. The second-order valence-electron chi connectivity index (χ2n) is 6.39. The van der Waals surface area contributed by atoms with Crippen molar-refractivity contribution >= 4 is 29.1 Å². The second-order valence-corrected chi connectivity index (χ2v) is 6.80. The maximum absolute atomic E-state index is 12.5. The summed E-state index contributed by atoms with van der Waals surface area (Å²) in [7, 11) is 0. The van der Waals surface area contributed by atoms with Gasteiger partial charge >= 0.3 is 0 Å². The van der Waals surface area contributed by atoms with Gasteiger partial charge in [0, 0.05) is 17.3 Å². The summed E-state index contributed by atoms with van der Waals surface area (Å²) in [5.41, 5.74) is 2.43. The van der Waals surface area contributed by atoms with E-state index in [0.29, 0.717) is 27.7 Å². The third kappa shape index (κ3) is 3.85. The van der Waals surface area contributed by atoms with Crippen molar-refractivity contribution < 1.29 is 14.1 Å². The van der Waals surface area contributed by atoms with Crippen molar-refractivity contribution in [3.8, 4) is 0 Å². The molecular formula is C18H20ClN3O3. The number of aryl methyl sites for hydroxylation is 2. The van der Waals surface area contributed by atoms with Crippen LogP contribution in [-0.4, -0.2) is 23.0 Å². The molecule has 6 nitrogen and oxygen atoms in total. The van der Waals surface area contributed by atoms with Gasteiger partial charge < -0.3 is 15.2 Å². The Bertz CT molecular complexity index is 807. The fourth-order valence-corrected chi connectivity index (χ4v) is 3.02. The van der Waals surface area contributed by atoms with E-state index in [2.05, 4.69) is 15.8 Å². The molecule has 132 valence electrons. The van der Waals surface area contributed by atoms with Crippen LogP contribution in [0.4, 0.5) is 5.69 Å². The number of nitrogens with zero attached hydrogens (tertiary/aromatic N) is 1. The first-order chi connectivity index (χ1) is 11.9. The van der Waals surface area contributed by atoms with Crippen LogP contribution < -0.4 is 10.6 Å². The molecule has 0 aliphatic heterocycles. The van der Waals surface area contributed by atoms with Gasteiger partial charge in [0.2, 0.25) is 5.91 Å². The molecule has 0 bridgehead atoms. The molecule has 0 radical (unpaired) electrons. The molecule has 1 saturated carbocycles. The molecule has 1 unspecified atom stereocenters. The van der Waals surface area contributed by atoms with Gasteiger partial charge in [-0.2, -0.15) is 0 Å². The van der Waals surface area contributed by atoms with Crippen LogP contribution in [0.15, 0.2) is 22.7 Å². The summed E-state index contributed by atoms with van der Waals surface area (Å²) >= 11 is 6.20. The van der Waals surface area contributed by atoms with Gasteiger partial charge in [-0.1, -0.05) is 16.8 Å². The number of aromatic nitrogens is 1. The minimum absolute atomic E-state index is 0.186. The summed E-state index contributed by atoms with van der Waals surface area (Å²) in [6.45, 7) is 5.38. The molecule has 1 aliphatic rings. The van der Waals surface area contributed by atoms with Crippen molar-refractivity contribution in [2.45, 2.75) is 45.6 Å². The highest BCUT2D eigenvalue weighted by Gasteiger charge is 2.25. The van der Waals surface area contributed by atoms with Crippen LogP contribution in [0.3, 0.4) is 0 Å². The van der Waals surface area contributed by atoms with Gasteiger partial charge in [0.1, 0.15) is 5.76 Å². The predicted molar refractivity (Wildman–Crippen MR) is 95.0 cm³/mol. The van der Waals surface area contributed by atoms with Gasteiger partial charge in [-0.3, -0.25) is 9.59 Å². The van der Waals surface area contributed by atoms with Crippen LogP contribution in [-0.2, 0) is 4.79 Å². The fourth-order valence-electron chi connectivity index (χ4n) is 2.76. The monoisotopic (exact) mass is 361 g/mol. The number of anilines is 1. The molecule has 25 heavy (non-hydrogen) atoms. The molecule has 0 spiro atoms. The fraction of sp³-hybridized carbons (Fsp3) is 0.389. The number of benzene rings is 1. The highest BCUT2D eigenvalue weighted by Crippen LogP contribution is 2.27. The SMILES string of the molecule is Cc1noc(C)c1C(C)C(=O)Nc1ccc(C(=O)NC2CC2)c(Cl)c1. The van der Waals surface area contributed by atoms with Crippen LogP contribution >= 0.6 is 11.6 Å². The van der Waals surface area contributed by atoms with E-state index in [4.69, 9.17) is 16.1 Å². The first-order valence-electron chi connectivity index (χ1n) is 8.21. The van der Waals surface area contributed by atoms with Crippen molar-refractivity contribution in [1.29, 1.82) is 0 Å². The van der Waals surface area contributed by atoms with E-state index >= 15 is 0 Å². The van der Waals surface area contributed by atoms with E-state index in [-0.39, 0.29) is 17.9 Å². The molecule has 1 atom stereocenters. The first-order valence-corrected chi connectivity index (χ1v) is 8.58. The molecular weight excluding hydrogens is 342 g/mol. The lowest BCUT2D eigenvalue weighted by Crippen LogP contribution is -2.25. The molecule has 1 aromatic carbocycles. The number of hydrogen-bond acceptors (Lipinski definition) is 4. The van der Waals surface area contributed by atoms with Crippen LogP contribution in [0, 0.1) is 13.8 Å². The number of carbonyl (C=O) groups is 2. The van der Waals surface area contributed by atoms with E-state index in [1.54, 1.807) is 39.0 Å². The Labute approximate surface area is 150 Å². The molecule has 2 aromatic rings. The Morgan fingerprint density at radius 1 is 1.32 bits per heavy atom. The Morgan fingerprint density at radius 3 is 2.60 bits per heavy atom. The topological polar surface area (TPSA) is 84.2 Å². The van der Waals surface area contributed by atoms with Gasteiger partial charge in [-0.05, 0) is 51.8 Å². The van der Waals surface area contributed by atoms with Crippen molar-refractivity contribution in [2.75, 3.05) is 5.32 Å². The number of carbonyl (C=O) groups excluding carboxylic acids is 2. The molecule has 1 heterocycles. The van der Waals surface area contributed by atoms with Gasteiger partial charge in [0.15, 0.2) is 0 Å². The van der Waals surface area contributed by atoms with Crippen LogP contribution in [0.2, 0.25) is 5.02 Å². The molecule has 1 aliphatic carbocycles. The van der Waals surface area contributed by atoms with Crippen molar-refractivity contribution in [2.24, 2.45) is 0 Å². The Hall–Kier alpha value is -2.34. The Balaban J connectivity index is 1.71. The number of amides is 2. The van der Waals surface area contributed by atoms with Gasteiger partial charge in [0.05, 0.1) is 22.2 Å². The lowest BCUT2D eigenvalue weighted by atomic mass is 9.98. The highest BCUT2D eigenvalue weighted by molar-refractivity contribution is 6.34. The van der Waals surface area contributed by atoms with Crippen molar-refractivity contribution in [3.05, 3.63) is 45.8 Å². The molecule has 7 heteroatoms. The van der Waals surface area contributed by atoms with Gasteiger partial charge in [0.25, 0.3) is 5.91 Å². The third-order valence-corrected chi connectivity index (χ3v) is 4.62.